The highest BCUT2D eigenvalue weighted by Gasteiger charge is 2.17. The quantitative estimate of drug-likeness (QED) is 0.193. The Hall–Kier alpha value is -2.94. The predicted molar refractivity (Wildman–Crippen MR) is 99.3 cm³/mol. The normalized spacial score (nSPS) is 10.9. The van der Waals surface area contributed by atoms with Crippen LogP contribution in [0.3, 0.4) is 0 Å². The highest BCUT2D eigenvalue weighted by Crippen LogP contribution is 2.27. The minimum absolute atomic E-state index is 0.0637. The summed E-state index contributed by atoms with van der Waals surface area (Å²) in [6.45, 7) is 2.02. The molecule has 0 amide bonds. The summed E-state index contributed by atoms with van der Waals surface area (Å²) >= 11 is 0. The molecule has 0 spiro atoms. The van der Waals surface area contributed by atoms with Crippen molar-refractivity contribution in [2.24, 2.45) is 0 Å². The fourth-order valence-corrected chi connectivity index (χ4v) is 3.06. The minimum Gasteiger partial charge on any atom is -0.206 e. The first-order chi connectivity index (χ1) is 13.8. The summed E-state index contributed by atoms with van der Waals surface area (Å²) in [7, 11) is 0. The van der Waals surface area contributed by atoms with Gasteiger partial charge >= 0.3 is 0 Å². The van der Waals surface area contributed by atoms with Gasteiger partial charge in [-0.1, -0.05) is 31.6 Å². The van der Waals surface area contributed by atoms with Crippen LogP contribution in [0.15, 0.2) is 30.3 Å². The van der Waals surface area contributed by atoms with E-state index in [1.807, 2.05) is 6.92 Å². The maximum atomic E-state index is 14.2. The predicted octanol–water partition coefficient (Wildman–Crippen LogP) is 6.81. The molecule has 0 radical (unpaired) electrons. The molecule has 0 aliphatic rings. The first-order valence-corrected chi connectivity index (χ1v) is 9.08. The van der Waals surface area contributed by atoms with Crippen LogP contribution in [0.4, 0.5) is 26.3 Å². The first kappa shape index (κ1) is 20.8. The Kier molecular flexibility index (Phi) is 6.17. The molecule has 0 bridgehead atoms. The highest BCUT2D eigenvalue weighted by molar-refractivity contribution is 5.85. The molecule has 0 aliphatic heterocycles. The molecule has 0 heterocycles. The fourth-order valence-electron chi connectivity index (χ4n) is 3.06. The Morgan fingerprint density at radius 2 is 1.38 bits per heavy atom. The number of benzene rings is 3. The van der Waals surface area contributed by atoms with Crippen LogP contribution in [0, 0.1) is 46.7 Å². The van der Waals surface area contributed by atoms with E-state index in [1.54, 1.807) is 0 Å². The van der Waals surface area contributed by atoms with Gasteiger partial charge in [0, 0.05) is 5.56 Å². The van der Waals surface area contributed by atoms with Gasteiger partial charge in [-0.25, -0.2) is 26.3 Å². The van der Waals surface area contributed by atoms with Crippen LogP contribution in [-0.4, -0.2) is 0 Å². The van der Waals surface area contributed by atoms with Gasteiger partial charge in [0.05, 0.1) is 10.9 Å². The summed E-state index contributed by atoms with van der Waals surface area (Å²) in [6.07, 6.45) is 3.28. The monoisotopic (exact) mass is 406 g/mol. The molecular formula is C23H16F6. The zero-order chi connectivity index (χ0) is 21.1. The number of halogens is 6. The van der Waals surface area contributed by atoms with Crippen LogP contribution in [-0.2, 0) is 6.42 Å². The fraction of sp³-hybridized carbons (Fsp3) is 0.217. The lowest BCUT2D eigenvalue weighted by Gasteiger charge is -2.05. The Morgan fingerprint density at radius 1 is 0.690 bits per heavy atom. The van der Waals surface area contributed by atoms with Crippen LogP contribution < -0.4 is 0 Å². The molecule has 3 rings (SSSR count). The number of hydrogen-bond donors (Lipinski definition) is 0. The topological polar surface area (TPSA) is 0 Å². The Labute approximate surface area is 164 Å². The van der Waals surface area contributed by atoms with Gasteiger partial charge in [-0.2, -0.15) is 0 Å². The van der Waals surface area contributed by atoms with Crippen LogP contribution >= 0.6 is 0 Å². The van der Waals surface area contributed by atoms with Gasteiger partial charge in [0.25, 0.3) is 0 Å². The van der Waals surface area contributed by atoms with Crippen LogP contribution in [0.2, 0.25) is 0 Å². The second-order valence-electron chi connectivity index (χ2n) is 6.68. The minimum atomic E-state index is -1.78. The Bertz CT molecular complexity index is 1110. The second kappa shape index (κ2) is 8.60. The molecule has 3 aromatic rings. The molecular weight excluding hydrogens is 390 g/mol. The van der Waals surface area contributed by atoms with E-state index in [2.05, 4.69) is 11.8 Å². The smallest absolute Gasteiger partial charge is 0.195 e. The molecule has 0 saturated heterocycles. The van der Waals surface area contributed by atoms with Crippen molar-refractivity contribution in [3.63, 3.8) is 0 Å². The van der Waals surface area contributed by atoms with Crippen molar-refractivity contribution in [1.82, 2.24) is 0 Å². The molecule has 3 aromatic carbocycles. The molecule has 0 saturated carbocycles. The average Bonchev–Trinajstić information content (AvgIpc) is 2.65. The van der Waals surface area contributed by atoms with Crippen LogP contribution in [0.25, 0.3) is 10.8 Å². The third kappa shape index (κ3) is 4.40. The molecule has 0 unspecified atom stereocenters. The van der Waals surface area contributed by atoms with E-state index in [4.69, 9.17) is 0 Å². The van der Waals surface area contributed by atoms with Gasteiger partial charge < -0.3 is 0 Å². The molecule has 0 fully saturated rings. The number of hydrogen-bond acceptors (Lipinski definition) is 0. The summed E-state index contributed by atoms with van der Waals surface area (Å²) in [4.78, 5) is 0. The Balaban J connectivity index is 1.98. The highest BCUT2D eigenvalue weighted by atomic mass is 19.2. The van der Waals surface area contributed by atoms with E-state index < -0.39 is 45.9 Å². The number of aryl methyl sites for hydroxylation is 1. The SMILES string of the molecule is CCCCCc1cc(F)c(C#Cc2cc(F)c3c(F)c(F)c(F)cc3c2)c(F)c1. The van der Waals surface area contributed by atoms with Gasteiger partial charge in [-0.3, -0.25) is 0 Å². The molecule has 0 N–H and O–H groups in total. The zero-order valence-electron chi connectivity index (χ0n) is 15.5. The van der Waals surface area contributed by atoms with Crippen molar-refractivity contribution in [3.8, 4) is 11.8 Å². The van der Waals surface area contributed by atoms with Crippen molar-refractivity contribution in [1.29, 1.82) is 0 Å². The maximum absolute atomic E-state index is 14.2. The van der Waals surface area contributed by atoms with E-state index in [9.17, 15) is 26.3 Å². The summed E-state index contributed by atoms with van der Waals surface area (Å²) in [5.74, 6) is -3.06. The number of unbranched alkanes of at least 4 members (excludes halogenated alkanes) is 2. The largest absolute Gasteiger partial charge is 0.206 e. The third-order valence-corrected chi connectivity index (χ3v) is 4.53. The summed E-state index contributed by atoms with van der Waals surface area (Å²) in [5.41, 5.74) is -0.0313. The summed E-state index contributed by atoms with van der Waals surface area (Å²) < 4.78 is 83.1. The van der Waals surface area contributed by atoms with Crippen molar-refractivity contribution in [3.05, 3.63) is 81.9 Å². The van der Waals surface area contributed by atoms with E-state index in [-0.39, 0.29) is 10.9 Å². The standard InChI is InChI=1S/C23H16F6/c1-2-3-4-5-13-9-17(24)16(18(25)10-13)7-6-14-8-15-12-20(27)22(28)23(29)21(15)19(26)11-14/h8-12H,2-5H2,1H3. The lowest BCUT2D eigenvalue weighted by Crippen LogP contribution is -1.96. The van der Waals surface area contributed by atoms with Crippen molar-refractivity contribution in [2.75, 3.05) is 0 Å². The van der Waals surface area contributed by atoms with Crippen molar-refractivity contribution >= 4 is 10.8 Å². The number of fused-ring (bicyclic) bond motifs is 1. The van der Waals surface area contributed by atoms with Gasteiger partial charge in [0.1, 0.15) is 17.5 Å². The summed E-state index contributed by atoms with van der Waals surface area (Å²) in [5, 5.41) is -0.971. The second-order valence-corrected chi connectivity index (χ2v) is 6.68. The average molecular weight is 406 g/mol. The molecule has 150 valence electrons. The first-order valence-electron chi connectivity index (χ1n) is 9.08. The molecule has 0 atom stereocenters. The maximum Gasteiger partial charge on any atom is 0.195 e. The van der Waals surface area contributed by atoms with Crippen molar-refractivity contribution in [2.45, 2.75) is 32.6 Å². The van der Waals surface area contributed by atoms with Crippen LogP contribution in [0.5, 0.6) is 0 Å². The molecule has 6 heteroatoms. The van der Waals surface area contributed by atoms with Gasteiger partial charge in [0.2, 0.25) is 0 Å². The van der Waals surface area contributed by atoms with Gasteiger partial charge in [-0.05, 0) is 54.1 Å². The van der Waals surface area contributed by atoms with E-state index in [0.717, 1.165) is 31.4 Å². The lowest BCUT2D eigenvalue weighted by molar-refractivity contribution is 0.451. The van der Waals surface area contributed by atoms with Crippen LogP contribution in [0.1, 0.15) is 42.9 Å². The molecule has 0 nitrogen and oxygen atoms in total. The number of rotatable bonds is 4. The lowest BCUT2D eigenvalue weighted by atomic mass is 10.0. The van der Waals surface area contributed by atoms with Gasteiger partial charge in [0.15, 0.2) is 17.5 Å². The van der Waals surface area contributed by atoms with Gasteiger partial charge in [-0.15, -0.1) is 0 Å². The zero-order valence-corrected chi connectivity index (χ0v) is 15.5. The molecule has 0 aliphatic carbocycles. The molecule has 0 aromatic heterocycles. The Morgan fingerprint density at radius 3 is 2.03 bits per heavy atom. The van der Waals surface area contributed by atoms with E-state index >= 15 is 0 Å². The third-order valence-electron chi connectivity index (χ3n) is 4.53. The van der Waals surface area contributed by atoms with E-state index in [1.165, 1.54) is 12.1 Å². The van der Waals surface area contributed by atoms with E-state index in [0.29, 0.717) is 18.1 Å². The summed E-state index contributed by atoms with van der Waals surface area (Å²) in [6, 6.07) is 4.96. The molecule has 29 heavy (non-hydrogen) atoms. The van der Waals surface area contributed by atoms with Crippen molar-refractivity contribution < 1.29 is 26.3 Å².